The normalized spacial score (nSPS) is 15.0. The lowest BCUT2D eigenvalue weighted by Gasteiger charge is -2.26. The summed E-state index contributed by atoms with van der Waals surface area (Å²) in [5, 5.41) is 20.4. The highest BCUT2D eigenvalue weighted by Crippen LogP contribution is 2.23. The van der Waals surface area contributed by atoms with Gasteiger partial charge in [-0.05, 0) is 76.3 Å². The maximum absolute atomic E-state index is 13.8. The molecule has 3 atom stereocenters. The summed E-state index contributed by atoms with van der Waals surface area (Å²) in [5.41, 5.74) is 1.87. The summed E-state index contributed by atoms with van der Waals surface area (Å²) in [6, 6.07) is 23.3. The van der Waals surface area contributed by atoms with Gasteiger partial charge in [0.1, 0.15) is 5.60 Å². The lowest BCUT2D eigenvalue weighted by atomic mass is 10.00. The first-order valence-electron chi connectivity index (χ1n) is 15.1. The molecule has 1 fully saturated rings. The fourth-order valence-electron chi connectivity index (χ4n) is 4.73. The molecule has 0 aliphatic heterocycles. The molecular weight excluding hydrogens is 556 g/mol. The average molecular weight is 601 g/mol. The summed E-state index contributed by atoms with van der Waals surface area (Å²) in [7, 11) is 1.53. The monoisotopic (exact) mass is 600 g/mol. The molecule has 3 amide bonds. The van der Waals surface area contributed by atoms with Crippen LogP contribution in [0.3, 0.4) is 0 Å². The van der Waals surface area contributed by atoms with Crippen molar-refractivity contribution in [2.45, 2.75) is 76.8 Å². The van der Waals surface area contributed by atoms with Crippen LogP contribution in [0.5, 0.6) is 0 Å². The van der Waals surface area contributed by atoms with Crippen molar-refractivity contribution >= 4 is 23.6 Å². The van der Waals surface area contributed by atoms with E-state index in [1.165, 1.54) is 18.0 Å². The Morgan fingerprint density at radius 2 is 1.48 bits per heavy atom. The third-order valence-electron chi connectivity index (χ3n) is 7.42. The number of aliphatic hydroxyl groups is 1. The van der Waals surface area contributed by atoms with E-state index in [1.807, 2.05) is 67.6 Å². The van der Waals surface area contributed by atoms with E-state index >= 15 is 0 Å². The fraction of sp³-hybridized carbons (Fsp3) is 0.400. The van der Waals surface area contributed by atoms with Crippen LogP contribution in [-0.4, -0.2) is 60.4 Å². The van der Waals surface area contributed by atoms with Crippen LogP contribution in [0.25, 0.3) is 0 Å². The van der Waals surface area contributed by atoms with Crippen LogP contribution in [0, 0.1) is 0 Å². The first-order chi connectivity index (χ1) is 20.9. The molecule has 1 aliphatic carbocycles. The largest absolute Gasteiger partial charge is 0.443 e. The van der Waals surface area contributed by atoms with Crippen molar-refractivity contribution in [2.24, 2.45) is 0 Å². The quantitative estimate of drug-likeness (QED) is 0.232. The van der Waals surface area contributed by atoms with E-state index in [2.05, 4.69) is 16.0 Å². The lowest BCUT2D eigenvalue weighted by Crippen LogP contribution is -2.49. The van der Waals surface area contributed by atoms with Gasteiger partial charge in [0.25, 0.3) is 11.8 Å². The molecular formula is C35H44N4O5. The summed E-state index contributed by atoms with van der Waals surface area (Å²) < 4.78 is 5.54. The van der Waals surface area contributed by atoms with E-state index in [0.717, 1.165) is 24.0 Å². The van der Waals surface area contributed by atoms with Crippen LogP contribution in [0.4, 0.5) is 10.5 Å². The van der Waals surface area contributed by atoms with Gasteiger partial charge in [-0.3, -0.25) is 14.5 Å². The van der Waals surface area contributed by atoms with Crippen molar-refractivity contribution in [1.82, 2.24) is 16.0 Å². The van der Waals surface area contributed by atoms with Crippen molar-refractivity contribution < 1.29 is 24.2 Å². The molecule has 1 saturated carbocycles. The van der Waals surface area contributed by atoms with E-state index in [9.17, 15) is 19.5 Å². The second kappa shape index (κ2) is 14.5. The lowest BCUT2D eigenvalue weighted by molar-refractivity contribution is 0.0588. The molecule has 4 rings (SSSR count). The van der Waals surface area contributed by atoms with Gasteiger partial charge in [0, 0.05) is 36.4 Å². The minimum absolute atomic E-state index is 0.177. The molecule has 0 saturated heterocycles. The number of benzene rings is 3. The number of aliphatic hydroxyl groups excluding tert-OH is 1. The van der Waals surface area contributed by atoms with E-state index in [1.54, 1.807) is 32.9 Å². The van der Waals surface area contributed by atoms with E-state index < -0.39 is 35.7 Å². The van der Waals surface area contributed by atoms with Crippen molar-refractivity contribution in [3.63, 3.8) is 0 Å². The van der Waals surface area contributed by atoms with Gasteiger partial charge >= 0.3 is 6.09 Å². The van der Waals surface area contributed by atoms with Crippen LogP contribution in [0.2, 0.25) is 0 Å². The highest BCUT2D eigenvalue weighted by atomic mass is 16.6. The molecule has 0 spiro atoms. The minimum Gasteiger partial charge on any atom is -0.443 e. The molecule has 3 aromatic carbocycles. The molecule has 0 unspecified atom stereocenters. The number of hydrogen-bond donors (Lipinski definition) is 4. The molecule has 4 N–H and O–H groups in total. The summed E-state index contributed by atoms with van der Waals surface area (Å²) in [4.78, 5) is 41.5. The molecule has 9 nitrogen and oxygen atoms in total. The topological polar surface area (TPSA) is 120 Å². The van der Waals surface area contributed by atoms with Crippen LogP contribution in [0.1, 0.15) is 78.4 Å². The van der Waals surface area contributed by atoms with Crippen molar-refractivity contribution in [3.05, 3.63) is 101 Å². The smallest absolute Gasteiger partial charge is 0.414 e. The number of carbonyl (C=O) groups is 3. The van der Waals surface area contributed by atoms with Crippen molar-refractivity contribution in [2.75, 3.05) is 18.5 Å². The Kier molecular flexibility index (Phi) is 10.8. The van der Waals surface area contributed by atoms with Gasteiger partial charge < -0.3 is 25.8 Å². The first-order valence-corrected chi connectivity index (χ1v) is 15.1. The van der Waals surface area contributed by atoms with Crippen molar-refractivity contribution in [3.8, 4) is 0 Å². The maximum atomic E-state index is 13.8. The molecule has 0 bridgehead atoms. The Labute approximate surface area is 260 Å². The number of carbonyl (C=O) groups excluding carboxylic acids is 3. The van der Waals surface area contributed by atoms with Crippen LogP contribution in [-0.2, 0) is 11.2 Å². The standard InChI is InChI=1S/C35H44N4O5/c1-23(25-14-10-7-11-15-25)37-32(41)26-19-27(21-29(20-26)39(5)34(43)44-35(2,3)4)33(42)38-30(18-24-12-8-6-9-13-24)31(40)22-36-28-16-17-28/h6-15,19-21,23,28,30-31,36,40H,16-18,22H2,1-5H3,(H,37,41)(H,38,42)/t23-,30+,31-/m1/s1. The number of ether oxygens (including phenoxy) is 1. The maximum Gasteiger partial charge on any atom is 0.414 e. The molecule has 1 aliphatic rings. The van der Waals surface area contributed by atoms with Gasteiger partial charge in [-0.2, -0.15) is 0 Å². The average Bonchev–Trinajstić information content (AvgIpc) is 3.83. The van der Waals surface area contributed by atoms with E-state index in [-0.39, 0.29) is 17.2 Å². The predicted octanol–water partition coefficient (Wildman–Crippen LogP) is 5.00. The van der Waals surface area contributed by atoms with Crippen LogP contribution in [0.15, 0.2) is 78.9 Å². The SMILES string of the molecule is C[C@@H](NC(=O)c1cc(C(=O)N[C@@H](Cc2ccccc2)[C@H](O)CNC2CC2)cc(N(C)C(=O)OC(C)(C)C)c1)c1ccccc1. The van der Waals surface area contributed by atoms with E-state index in [0.29, 0.717) is 24.7 Å². The van der Waals surface area contributed by atoms with Gasteiger partial charge in [-0.25, -0.2) is 4.79 Å². The summed E-state index contributed by atoms with van der Waals surface area (Å²) in [5.74, 6) is -0.870. The van der Waals surface area contributed by atoms with Gasteiger partial charge in [0.2, 0.25) is 0 Å². The molecule has 0 radical (unpaired) electrons. The van der Waals surface area contributed by atoms with Crippen molar-refractivity contribution in [1.29, 1.82) is 0 Å². The molecule has 3 aromatic rings. The summed E-state index contributed by atoms with van der Waals surface area (Å²) in [6.45, 7) is 7.52. The number of anilines is 1. The molecule has 44 heavy (non-hydrogen) atoms. The van der Waals surface area contributed by atoms with Gasteiger partial charge in [-0.15, -0.1) is 0 Å². The van der Waals surface area contributed by atoms with Gasteiger partial charge in [-0.1, -0.05) is 60.7 Å². The Balaban J connectivity index is 1.62. The zero-order chi connectivity index (χ0) is 31.9. The van der Waals surface area contributed by atoms with Crippen LogP contribution < -0.4 is 20.9 Å². The van der Waals surface area contributed by atoms with E-state index in [4.69, 9.17) is 4.74 Å². The molecule has 234 valence electrons. The van der Waals surface area contributed by atoms with Gasteiger partial charge in [0.15, 0.2) is 0 Å². The highest BCUT2D eigenvalue weighted by molar-refractivity contribution is 6.02. The second-order valence-electron chi connectivity index (χ2n) is 12.4. The van der Waals surface area contributed by atoms with Gasteiger partial charge in [0.05, 0.1) is 18.2 Å². The number of amides is 3. The Hall–Kier alpha value is -4.21. The number of nitrogens with one attached hydrogen (secondary N) is 3. The second-order valence-corrected chi connectivity index (χ2v) is 12.4. The molecule has 9 heteroatoms. The summed E-state index contributed by atoms with van der Waals surface area (Å²) >= 11 is 0. The highest BCUT2D eigenvalue weighted by Gasteiger charge is 2.28. The third kappa shape index (κ3) is 9.65. The predicted molar refractivity (Wildman–Crippen MR) is 172 cm³/mol. The molecule has 0 heterocycles. The zero-order valence-electron chi connectivity index (χ0n) is 26.2. The van der Waals surface area contributed by atoms with Crippen LogP contribution >= 0.6 is 0 Å². The zero-order valence-corrected chi connectivity index (χ0v) is 26.2. The first kappa shape index (κ1) is 32.7. The minimum atomic E-state index is -0.845. The number of hydrogen-bond acceptors (Lipinski definition) is 6. The number of rotatable bonds is 12. The Morgan fingerprint density at radius 3 is 2.05 bits per heavy atom. The summed E-state index contributed by atoms with van der Waals surface area (Å²) in [6.07, 6.45) is 1.10. The number of nitrogens with zero attached hydrogens (tertiary/aromatic N) is 1. The Morgan fingerprint density at radius 1 is 0.909 bits per heavy atom. The Bertz CT molecular complexity index is 1420. The fourth-order valence-corrected chi connectivity index (χ4v) is 4.73. The molecule has 0 aromatic heterocycles. The third-order valence-corrected chi connectivity index (χ3v) is 7.42.